The number of urea groups is 1. The Morgan fingerprint density at radius 3 is 2.56 bits per heavy atom. The van der Waals surface area contributed by atoms with Crippen molar-refractivity contribution in [2.45, 2.75) is 25.2 Å². The van der Waals surface area contributed by atoms with Crippen LogP contribution >= 0.6 is 0 Å². The third-order valence-corrected chi connectivity index (χ3v) is 4.31. The molecular weight excluding hydrogens is 351 g/mol. The fraction of sp³-hybridized carbons (Fsp3) is 0.300. The topological polar surface area (TPSA) is 78.9 Å². The first kappa shape index (κ1) is 19.0. The van der Waals surface area contributed by atoms with Gasteiger partial charge >= 0.3 is 6.03 Å². The number of nitrogens with one attached hydrogen (secondary N) is 1. The van der Waals surface area contributed by atoms with Crippen LogP contribution in [0.15, 0.2) is 54.6 Å². The van der Waals surface area contributed by atoms with E-state index in [1.165, 1.54) is 6.07 Å². The lowest BCUT2D eigenvalue weighted by Crippen LogP contribution is -2.39. The second kappa shape index (κ2) is 8.75. The van der Waals surface area contributed by atoms with Crippen LogP contribution in [0.3, 0.4) is 0 Å². The van der Waals surface area contributed by atoms with Crippen LogP contribution in [-0.4, -0.2) is 47.2 Å². The maximum absolute atomic E-state index is 13.5. The minimum Gasteiger partial charge on any atom is -0.389 e. The molecule has 0 saturated carbocycles. The number of carbonyl (C=O) groups is 2. The highest BCUT2D eigenvalue weighted by Crippen LogP contribution is 2.13. The SMILES string of the molecule is O=C1N[C@H](Cc2ccccc2)C(=O)N1C[C@@H](O)COCc1ccccc1F. The van der Waals surface area contributed by atoms with Crippen molar-refractivity contribution in [2.75, 3.05) is 13.2 Å². The van der Waals surface area contributed by atoms with Crippen molar-refractivity contribution in [2.24, 2.45) is 0 Å². The number of nitrogens with zero attached hydrogens (tertiary/aromatic N) is 1. The van der Waals surface area contributed by atoms with Crippen LogP contribution in [0.2, 0.25) is 0 Å². The number of halogens is 1. The summed E-state index contributed by atoms with van der Waals surface area (Å²) in [6.07, 6.45) is -0.663. The molecule has 0 radical (unpaired) electrons. The minimum atomic E-state index is -1.05. The van der Waals surface area contributed by atoms with E-state index in [1.54, 1.807) is 18.2 Å². The second-order valence-corrected chi connectivity index (χ2v) is 6.40. The molecule has 3 rings (SSSR count). The Bertz CT molecular complexity index is 800. The standard InChI is InChI=1S/C20H21FN2O4/c21-17-9-5-4-8-15(17)12-27-13-16(24)11-23-19(25)18(22-20(23)26)10-14-6-2-1-3-7-14/h1-9,16,18,24H,10-13H2,(H,22,26)/t16-,18-/m1/s1. The first-order valence-corrected chi connectivity index (χ1v) is 8.69. The summed E-state index contributed by atoms with van der Waals surface area (Å²) in [7, 11) is 0. The largest absolute Gasteiger partial charge is 0.389 e. The van der Waals surface area contributed by atoms with Crippen molar-refractivity contribution >= 4 is 11.9 Å². The van der Waals surface area contributed by atoms with Gasteiger partial charge in [-0.3, -0.25) is 9.69 Å². The van der Waals surface area contributed by atoms with Gasteiger partial charge in [-0.25, -0.2) is 9.18 Å². The lowest BCUT2D eigenvalue weighted by molar-refractivity contribution is -0.128. The van der Waals surface area contributed by atoms with Gasteiger partial charge in [0, 0.05) is 12.0 Å². The van der Waals surface area contributed by atoms with E-state index in [2.05, 4.69) is 5.32 Å². The van der Waals surface area contributed by atoms with Gasteiger partial charge in [0.2, 0.25) is 0 Å². The molecule has 1 aliphatic heterocycles. The Morgan fingerprint density at radius 2 is 1.81 bits per heavy atom. The Balaban J connectivity index is 1.48. The Hall–Kier alpha value is -2.77. The van der Waals surface area contributed by atoms with Crippen LogP contribution in [0.4, 0.5) is 9.18 Å². The van der Waals surface area contributed by atoms with E-state index >= 15 is 0 Å². The number of hydrogen-bond donors (Lipinski definition) is 2. The zero-order valence-electron chi connectivity index (χ0n) is 14.7. The molecule has 6 nitrogen and oxygen atoms in total. The monoisotopic (exact) mass is 372 g/mol. The molecule has 1 heterocycles. The normalized spacial score (nSPS) is 17.9. The number of imide groups is 1. The first-order valence-electron chi connectivity index (χ1n) is 8.69. The van der Waals surface area contributed by atoms with Gasteiger partial charge in [-0.1, -0.05) is 48.5 Å². The van der Waals surface area contributed by atoms with Crippen LogP contribution in [0.1, 0.15) is 11.1 Å². The molecule has 27 heavy (non-hydrogen) atoms. The number of aliphatic hydroxyl groups is 1. The third kappa shape index (κ3) is 4.90. The lowest BCUT2D eigenvalue weighted by atomic mass is 10.1. The van der Waals surface area contributed by atoms with Gasteiger partial charge in [0.25, 0.3) is 5.91 Å². The van der Waals surface area contributed by atoms with E-state index in [9.17, 15) is 19.1 Å². The Morgan fingerprint density at radius 1 is 1.11 bits per heavy atom. The molecule has 7 heteroatoms. The summed E-state index contributed by atoms with van der Waals surface area (Å²) in [5.74, 6) is -0.762. The summed E-state index contributed by atoms with van der Waals surface area (Å²) >= 11 is 0. The molecule has 0 bridgehead atoms. The maximum Gasteiger partial charge on any atom is 0.324 e. The predicted octanol–water partition coefficient (Wildman–Crippen LogP) is 1.87. The van der Waals surface area contributed by atoms with Gasteiger partial charge in [0.05, 0.1) is 25.9 Å². The molecule has 1 aliphatic rings. The van der Waals surface area contributed by atoms with Crippen molar-refractivity contribution in [1.29, 1.82) is 0 Å². The molecule has 142 valence electrons. The summed E-state index contributed by atoms with van der Waals surface area (Å²) < 4.78 is 18.8. The summed E-state index contributed by atoms with van der Waals surface area (Å²) in [5, 5.41) is 12.7. The number of amides is 3. The summed E-state index contributed by atoms with van der Waals surface area (Å²) in [6, 6.07) is 14.4. The highest BCUT2D eigenvalue weighted by atomic mass is 19.1. The van der Waals surface area contributed by atoms with E-state index < -0.39 is 18.2 Å². The van der Waals surface area contributed by atoms with Crippen LogP contribution < -0.4 is 5.32 Å². The molecule has 0 aromatic heterocycles. The number of ether oxygens (including phenoxy) is 1. The zero-order chi connectivity index (χ0) is 19.2. The number of carbonyl (C=O) groups excluding carboxylic acids is 2. The van der Waals surface area contributed by atoms with Crippen molar-refractivity contribution < 1.29 is 23.8 Å². The van der Waals surface area contributed by atoms with Gasteiger partial charge in [0.1, 0.15) is 11.9 Å². The first-order chi connectivity index (χ1) is 13.0. The molecule has 0 spiro atoms. The predicted molar refractivity (Wildman–Crippen MR) is 96.2 cm³/mol. The average Bonchev–Trinajstić information content (AvgIpc) is 2.91. The molecule has 1 fully saturated rings. The maximum atomic E-state index is 13.5. The number of rotatable bonds is 8. The van der Waals surface area contributed by atoms with Crippen LogP contribution in [-0.2, 0) is 22.6 Å². The summed E-state index contributed by atoms with van der Waals surface area (Å²) in [4.78, 5) is 25.5. The highest BCUT2D eigenvalue weighted by Gasteiger charge is 2.38. The minimum absolute atomic E-state index is 0.000504. The van der Waals surface area contributed by atoms with Crippen LogP contribution in [0.5, 0.6) is 0 Å². The van der Waals surface area contributed by atoms with Crippen molar-refractivity contribution in [1.82, 2.24) is 10.2 Å². The fourth-order valence-corrected chi connectivity index (χ4v) is 2.92. The molecule has 2 N–H and O–H groups in total. The zero-order valence-corrected chi connectivity index (χ0v) is 14.7. The summed E-state index contributed by atoms with van der Waals surface area (Å²) in [5.41, 5.74) is 1.31. The Labute approximate surface area is 156 Å². The van der Waals surface area contributed by atoms with E-state index in [0.717, 1.165) is 10.5 Å². The van der Waals surface area contributed by atoms with Gasteiger partial charge in [-0.15, -0.1) is 0 Å². The quantitative estimate of drug-likeness (QED) is 0.694. The summed E-state index contributed by atoms with van der Waals surface area (Å²) in [6.45, 7) is -0.289. The average molecular weight is 372 g/mol. The molecule has 2 atom stereocenters. The third-order valence-electron chi connectivity index (χ3n) is 4.31. The van der Waals surface area contributed by atoms with Gasteiger partial charge < -0.3 is 15.2 Å². The second-order valence-electron chi connectivity index (χ2n) is 6.40. The smallest absolute Gasteiger partial charge is 0.324 e. The van der Waals surface area contributed by atoms with Crippen molar-refractivity contribution in [3.05, 3.63) is 71.5 Å². The highest BCUT2D eigenvalue weighted by molar-refractivity contribution is 6.04. The molecule has 2 aromatic carbocycles. The van der Waals surface area contributed by atoms with Crippen molar-refractivity contribution in [3.63, 3.8) is 0 Å². The lowest BCUT2D eigenvalue weighted by Gasteiger charge is -2.18. The van der Waals surface area contributed by atoms with Gasteiger partial charge in [-0.2, -0.15) is 0 Å². The van der Waals surface area contributed by atoms with Crippen LogP contribution in [0.25, 0.3) is 0 Å². The van der Waals surface area contributed by atoms with Crippen molar-refractivity contribution in [3.8, 4) is 0 Å². The number of hydrogen-bond acceptors (Lipinski definition) is 4. The molecule has 3 amide bonds. The van der Waals surface area contributed by atoms with E-state index in [1.807, 2.05) is 30.3 Å². The van der Waals surface area contributed by atoms with Gasteiger partial charge in [-0.05, 0) is 11.6 Å². The van der Waals surface area contributed by atoms with E-state index in [-0.39, 0.29) is 31.5 Å². The van der Waals surface area contributed by atoms with Gasteiger partial charge in [0.15, 0.2) is 0 Å². The number of benzene rings is 2. The van der Waals surface area contributed by atoms with E-state index in [0.29, 0.717) is 12.0 Å². The van der Waals surface area contributed by atoms with E-state index in [4.69, 9.17) is 4.74 Å². The molecular formula is C20H21FN2O4. The van der Waals surface area contributed by atoms with Crippen LogP contribution in [0, 0.1) is 5.82 Å². The number of β-amino-alcohol motifs (C(OH)–C–C–N with tert-alkyl or cyclic N) is 1. The molecule has 1 saturated heterocycles. The molecule has 0 unspecified atom stereocenters. The number of aliphatic hydroxyl groups excluding tert-OH is 1. The Kier molecular flexibility index (Phi) is 6.16. The molecule has 0 aliphatic carbocycles. The molecule has 2 aromatic rings. The fourth-order valence-electron chi connectivity index (χ4n) is 2.92.